The fourth-order valence-electron chi connectivity index (χ4n) is 1.94. The van der Waals surface area contributed by atoms with Crippen LogP contribution in [-0.2, 0) is 0 Å². The van der Waals surface area contributed by atoms with Gasteiger partial charge in [-0.3, -0.25) is 0 Å². The number of hydrogen-bond donors (Lipinski definition) is 2. The second-order valence-corrected chi connectivity index (χ2v) is 5.69. The maximum absolute atomic E-state index is 12.1. The van der Waals surface area contributed by atoms with E-state index in [2.05, 4.69) is 19.2 Å². The molecule has 0 aliphatic heterocycles. The molecule has 0 saturated heterocycles. The molecule has 0 bridgehead atoms. The van der Waals surface area contributed by atoms with E-state index in [0.29, 0.717) is 12.5 Å². The van der Waals surface area contributed by atoms with E-state index in [9.17, 15) is 9.90 Å². The van der Waals surface area contributed by atoms with Crippen molar-refractivity contribution >= 4 is 6.03 Å². The lowest BCUT2D eigenvalue weighted by molar-refractivity contribution is 0.117. The molecule has 2 amide bonds. The molecule has 0 heterocycles. The molecule has 0 radical (unpaired) electrons. The zero-order valence-electron chi connectivity index (χ0n) is 12.7. The molecule has 0 spiro atoms. The summed E-state index contributed by atoms with van der Waals surface area (Å²) in [5.74, 6) is 0.615. The fraction of sp³-hybridized carbons (Fsp3) is 0.929. The largest absolute Gasteiger partial charge is 0.392 e. The molecule has 4 heteroatoms. The number of carbonyl (C=O) groups is 1. The van der Waals surface area contributed by atoms with Crippen LogP contribution < -0.4 is 5.32 Å². The zero-order valence-corrected chi connectivity index (χ0v) is 12.7. The smallest absolute Gasteiger partial charge is 0.317 e. The molecule has 0 aliphatic carbocycles. The Labute approximate surface area is 112 Å². The van der Waals surface area contributed by atoms with Crippen LogP contribution in [0.4, 0.5) is 4.79 Å². The van der Waals surface area contributed by atoms with Crippen molar-refractivity contribution in [1.29, 1.82) is 0 Å². The SMILES string of the molecule is CCC(C)CC(C)NC(=O)N(CC(C)O)C(C)C. The number of urea groups is 1. The Hall–Kier alpha value is -0.770. The lowest BCUT2D eigenvalue weighted by Gasteiger charge is -2.30. The molecule has 3 unspecified atom stereocenters. The summed E-state index contributed by atoms with van der Waals surface area (Å²) in [7, 11) is 0. The molecule has 0 aliphatic rings. The van der Waals surface area contributed by atoms with E-state index in [1.54, 1.807) is 11.8 Å². The molecule has 0 aromatic carbocycles. The van der Waals surface area contributed by atoms with Crippen molar-refractivity contribution in [2.45, 2.75) is 72.6 Å². The molecule has 0 rings (SSSR count). The molecular weight excluding hydrogens is 228 g/mol. The molecule has 0 fully saturated rings. The number of nitrogens with zero attached hydrogens (tertiary/aromatic N) is 1. The highest BCUT2D eigenvalue weighted by atomic mass is 16.3. The molecule has 108 valence electrons. The monoisotopic (exact) mass is 258 g/mol. The molecule has 0 aromatic heterocycles. The van der Waals surface area contributed by atoms with E-state index in [1.807, 2.05) is 20.8 Å². The van der Waals surface area contributed by atoms with Crippen LogP contribution in [0.5, 0.6) is 0 Å². The lowest BCUT2D eigenvalue weighted by atomic mass is 10.0. The van der Waals surface area contributed by atoms with Gasteiger partial charge < -0.3 is 15.3 Å². The maximum Gasteiger partial charge on any atom is 0.317 e. The summed E-state index contributed by atoms with van der Waals surface area (Å²) in [4.78, 5) is 13.8. The van der Waals surface area contributed by atoms with Gasteiger partial charge in [-0.2, -0.15) is 0 Å². The third-order valence-corrected chi connectivity index (χ3v) is 3.17. The molecule has 4 nitrogen and oxygen atoms in total. The van der Waals surface area contributed by atoms with Crippen molar-refractivity contribution in [1.82, 2.24) is 10.2 Å². The van der Waals surface area contributed by atoms with Crippen LogP contribution in [0.2, 0.25) is 0 Å². The van der Waals surface area contributed by atoms with Gasteiger partial charge in [-0.15, -0.1) is 0 Å². The van der Waals surface area contributed by atoms with E-state index >= 15 is 0 Å². The van der Waals surface area contributed by atoms with Crippen LogP contribution in [0, 0.1) is 5.92 Å². The van der Waals surface area contributed by atoms with Crippen molar-refractivity contribution in [2.75, 3.05) is 6.54 Å². The summed E-state index contributed by atoms with van der Waals surface area (Å²) in [6.07, 6.45) is 1.62. The zero-order chi connectivity index (χ0) is 14.3. The summed E-state index contributed by atoms with van der Waals surface area (Å²) >= 11 is 0. The maximum atomic E-state index is 12.1. The minimum absolute atomic E-state index is 0.0818. The van der Waals surface area contributed by atoms with Gasteiger partial charge in [0.25, 0.3) is 0 Å². The predicted molar refractivity (Wildman–Crippen MR) is 75.6 cm³/mol. The normalized spacial score (nSPS) is 16.2. The number of nitrogens with one attached hydrogen (secondary N) is 1. The third-order valence-electron chi connectivity index (χ3n) is 3.17. The molecule has 0 aromatic rings. The first-order valence-electron chi connectivity index (χ1n) is 7.03. The van der Waals surface area contributed by atoms with Gasteiger partial charge in [0, 0.05) is 18.6 Å². The first-order valence-corrected chi connectivity index (χ1v) is 7.03. The van der Waals surface area contributed by atoms with E-state index in [4.69, 9.17) is 0 Å². The summed E-state index contributed by atoms with van der Waals surface area (Å²) in [6, 6.07) is 0.180. The Bertz CT molecular complexity index is 242. The van der Waals surface area contributed by atoms with Crippen molar-refractivity contribution in [2.24, 2.45) is 5.92 Å². The average Bonchev–Trinajstić information content (AvgIpc) is 2.24. The van der Waals surface area contributed by atoms with Gasteiger partial charge in [0.1, 0.15) is 0 Å². The number of rotatable bonds is 7. The Morgan fingerprint density at radius 2 is 1.78 bits per heavy atom. The second kappa shape index (κ2) is 8.35. The van der Waals surface area contributed by atoms with E-state index in [0.717, 1.165) is 12.8 Å². The van der Waals surface area contributed by atoms with E-state index in [-0.39, 0.29) is 18.1 Å². The summed E-state index contributed by atoms with van der Waals surface area (Å²) < 4.78 is 0. The van der Waals surface area contributed by atoms with E-state index in [1.165, 1.54) is 0 Å². The first kappa shape index (κ1) is 17.2. The van der Waals surface area contributed by atoms with Crippen molar-refractivity contribution in [3.05, 3.63) is 0 Å². The van der Waals surface area contributed by atoms with Gasteiger partial charge in [-0.1, -0.05) is 20.3 Å². The molecular formula is C14H30N2O2. The van der Waals surface area contributed by atoms with Gasteiger partial charge in [0.05, 0.1) is 6.10 Å². The van der Waals surface area contributed by atoms with Crippen molar-refractivity contribution < 1.29 is 9.90 Å². The highest BCUT2D eigenvalue weighted by molar-refractivity contribution is 5.74. The number of aliphatic hydroxyl groups excluding tert-OH is 1. The quantitative estimate of drug-likeness (QED) is 0.737. The summed E-state index contributed by atoms with van der Waals surface area (Å²) in [5.41, 5.74) is 0. The minimum Gasteiger partial charge on any atom is -0.392 e. The average molecular weight is 258 g/mol. The summed E-state index contributed by atoms with van der Waals surface area (Å²) in [5, 5.41) is 12.4. The molecule has 0 saturated carbocycles. The Kier molecular flexibility index (Phi) is 8.00. The molecule has 2 N–H and O–H groups in total. The number of hydrogen-bond acceptors (Lipinski definition) is 2. The van der Waals surface area contributed by atoms with Gasteiger partial charge >= 0.3 is 6.03 Å². The van der Waals surface area contributed by atoms with E-state index < -0.39 is 6.10 Å². The molecule has 3 atom stereocenters. The lowest BCUT2D eigenvalue weighted by Crippen LogP contribution is -2.49. The fourth-order valence-corrected chi connectivity index (χ4v) is 1.94. The third kappa shape index (κ3) is 6.84. The van der Waals surface area contributed by atoms with Crippen LogP contribution >= 0.6 is 0 Å². The Balaban J connectivity index is 4.33. The first-order chi connectivity index (χ1) is 8.27. The van der Waals surface area contributed by atoms with Crippen LogP contribution in [0.1, 0.15) is 54.4 Å². The number of carbonyl (C=O) groups excluding carboxylic acids is 1. The predicted octanol–water partition coefficient (Wildman–Crippen LogP) is 2.61. The highest BCUT2D eigenvalue weighted by Crippen LogP contribution is 2.10. The summed E-state index contributed by atoms with van der Waals surface area (Å²) in [6.45, 7) is 12.4. The molecule has 18 heavy (non-hydrogen) atoms. The van der Waals surface area contributed by atoms with Gasteiger partial charge in [0.2, 0.25) is 0 Å². The van der Waals surface area contributed by atoms with Crippen molar-refractivity contribution in [3.8, 4) is 0 Å². The van der Waals surface area contributed by atoms with Crippen LogP contribution in [0.3, 0.4) is 0 Å². The Morgan fingerprint density at radius 1 is 1.22 bits per heavy atom. The van der Waals surface area contributed by atoms with Crippen LogP contribution in [0.25, 0.3) is 0 Å². The second-order valence-electron chi connectivity index (χ2n) is 5.69. The van der Waals surface area contributed by atoms with Crippen LogP contribution in [-0.4, -0.2) is 40.8 Å². The van der Waals surface area contributed by atoms with Gasteiger partial charge in [-0.25, -0.2) is 4.79 Å². The highest BCUT2D eigenvalue weighted by Gasteiger charge is 2.20. The number of amides is 2. The van der Waals surface area contributed by atoms with Crippen molar-refractivity contribution in [3.63, 3.8) is 0 Å². The van der Waals surface area contributed by atoms with Gasteiger partial charge in [-0.05, 0) is 40.0 Å². The topological polar surface area (TPSA) is 52.6 Å². The van der Waals surface area contributed by atoms with Gasteiger partial charge in [0.15, 0.2) is 0 Å². The van der Waals surface area contributed by atoms with Crippen LogP contribution in [0.15, 0.2) is 0 Å². The Morgan fingerprint density at radius 3 is 2.17 bits per heavy atom. The standard InChI is InChI=1S/C14H30N2O2/c1-7-11(4)8-12(5)15-14(18)16(10(2)3)9-13(6)17/h10-13,17H,7-9H2,1-6H3,(H,15,18). The minimum atomic E-state index is -0.497. The number of aliphatic hydroxyl groups is 1.